The maximum Gasteiger partial charge on any atom is 0.228 e. The molecule has 0 aliphatic carbocycles. The van der Waals surface area contributed by atoms with Gasteiger partial charge in [0.25, 0.3) is 0 Å². The van der Waals surface area contributed by atoms with Crippen LogP contribution in [-0.4, -0.2) is 43.6 Å². The van der Waals surface area contributed by atoms with Gasteiger partial charge in [-0.15, -0.1) is 0 Å². The third kappa shape index (κ3) is 5.25. The highest BCUT2D eigenvalue weighted by Gasteiger charge is 2.12. The van der Waals surface area contributed by atoms with E-state index in [2.05, 4.69) is 22.4 Å². The number of nitrogens with zero attached hydrogens (tertiary/aromatic N) is 2. The van der Waals surface area contributed by atoms with Gasteiger partial charge in [-0.1, -0.05) is 12.1 Å². The zero-order valence-corrected chi connectivity index (χ0v) is 10.7. The quantitative estimate of drug-likeness (QED) is 0.646. The van der Waals surface area contributed by atoms with E-state index in [-0.39, 0.29) is 6.04 Å². The van der Waals surface area contributed by atoms with E-state index in [0.29, 0.717) is 38.0 Å². The minimum atomic E-state index is 0.185. The number of hydrogen-bond donors (Lipinski definition) is 1. The zero-order valence-electron chi connectivity index (χ0n) is 10.7. The Bertz CT molecular complexity index is 304. The van der Waals surface area contributed by atoms with Crippen molar-refractivity contribution in [1.82, 2.24) is 15.5 Å². The Morgan fingerprint density at radius 3 is 2.94 bits per heavy atom. The van der Waals surface area contributed by atoms with Crippen molar-refractivity contribution in [3.05, 3.63) is 11.7 Å². The molecule has 0 bridgehead atoms. The highest BCUT2D eigenvalue weighted by Crippen LogP contribution is 2.03. The topological polar surface area (TPSA) is 69.4 Å². The van der Waals surface area contributed by atoms with Crippen LogP contribution in [0.5, 0.6) is 0 Å². The van der Waals surface area contributed by atoms with Crippen molar-refractivity contribution in [2.45, 2.75) is 32.4 Å². The second-order valence-corrected chi connectivity index (χ2v) is 3.80. The molecule has 1 aromatic rings. The highest BCUT2D eigenvalue weighted by atomic mass is 16.5. The predicted molar refractivity (Wildman–Crippen MR) is 62.7 cm³/mol. The number of methoxy groups -OCH3 is 1. The lowest BCUT2D eigenvalue weighted by Crippen LogP contribution is -2.32. The van der Waals surface area contributed by atoms with Crippen LogP contribution < -0.4 is 5.32 Å². The smallest absolute Gasteiger partial charge is 0.228 e. The first-order chi connectivity index (χ1) is 8.30. The number of ether oxygens (including phenoxy) is 2. The molecule has 0 spiro atoms. The van der Waals surface area contributed by atoms with Gasteiger partial charge in [0.1, 0.15) is 6.61 Å². The van der Waals surface area contributed by atoms with Gasteiger partial charge in [0, 0.05) is 26.2 Å². The molecule has 0 fully saturated rings. The molecule has 1 unspecified atom stereocenters. The molecule has 1 N–H and O–H groups in total. The Balaban J connectivity index is 2.38. The molecule has 6 heteroatoms. The van der Waals surface area contributed by atoms with Gasteiger partial charge in [0.2, 0.25) is 5.89 Å². The van der Waals surface area contributed by atoms with Crippen molar-refractivity contribution in [3.8, 4) is 0 Å². The van der Waals surface area contributed by atoms with E-state index in [4.69, 9.17) is 14.0 Å². The van der Waals surface area contributed by atoms with Gasteiger partial charge in [-0.3, -0.25) is 0 Å². The summed E-state index contributed by atoms with van der Waals surface area (Å²) >= 11 is 0. The van der Waals surface area contributed by atoms with E-state index in [0.717, 1.165) is 6.42 Å². The summed E-state index contributed by atoms with van der Waals surface area (Å²) in [5, 5.41) is 6.98. The molecule has 1 atom stereocenters. The van der Waals surface area contributed by atoms with E-state index in [1.807, 2.05) is 7.05 Å². The number of nitrogens with one attached hydrogen (secondary N) is 1. The lowest BCUT2D eigenvalue weighted by atomic mass is 10.2. The van der Waals surface area contributed by atoms with Crippen LogP contribution in [0, 0.1) is 0 Å². The van der Waals surface area contributed by atoms with E-state index < -0.39 is 0 Å². The Hall–Kier alpha value is -0.980. The highest BCUT2D eigenvalue weighted by molar-refractivity contribution is 4.88. The molecule has 6 nitrogen and oxygen atoms in total. The summed E-state index contributed by atoms with van der Waals surface area (Å²) in [4.78, 5) is 4.25. The molecule has 0 saturated carbocycles. The number of aromatic nitrogens is 2. The fourth-order valence-corrected chi connectivity index (χ4v) is 1.40. The fourth-order valence-electron chi connectivity index (χ4n) is 1.40. The van der Waals surface area contributed by atoms with Crippen LogP contribution >= 0.6 is 0 Å². The van der Waals surface area contributed by atoms with Crippen molar-refractivity contribution in [2.75, 3.05) is 27.4 Å². The molecular formula is C11H21N3O3. The zero-order chi connectivity index (χ0) is 12.5. The van der Waals surface area contributed by atoms with Gasteiger partial charge >= 0.3 is 0 Å². The van der Waals surface area contributed by atoms with Crippen molar-refractivity contribution >= 4 is 0 Å². The second kappa shape index (κ2) is 8.16. The molecule has 1 aromatic heterocycles. The third-order valence-corrected chi connectivity index (χ3v) is 2.29. The molecule has 0 aliphatic heterocycles. The molecule has 0 saturated heterocycles. The standard InChI is InChI=1S/C11H21N3O3/c1-4-5-16-8-10-13-11(17-14-10)6-9(12-2)7-15-3/h9,12H,4-8H2,1-3H3. The van der Waals surface area contributed by atoms with Crippen LogP contribution in [0.15, 0.2) is 4.52 Å². The Morgan fingerprint density at radius 1 is 1.47 bits per heavy atom. The monoisotopic (exact) mass is 243 g/mol. The minimum Gasteiger partial charge on any atom is -0.383 e. The third-order valence-electron chi connectivity index (χ3n) is 2.29. The first-order valence-electron chi connectivity index (χ1n) is 5.85. The molecule has 0 aliphatic rings. The van der Waals surface area contributed by atoms with Crippen LogP contribution in [0.1, 0.15) is 25.1 Å². The average molecular weight is 243 g/mol. The fraction of sp³-hybridized carbons (Fsp3) is 0.818. The van der Waals surface area contributed by atoms with E-state index >= 15 is 0 Å². The number of hydrogen-bond acceptors (Lipinski definition) is 6. The average Bonchev–Trinajstić information content (AvgIpc) is 2.77. The van der Waals surface area contributed by atoms with Gasteiger partial charge in [-0.05, 0) is 13.5 Å². The van der Waals surface area contributed by atoms with Crippen LogP contribution in [-0.2, 0) is 22.5 Å². The molecule has 98 valence electrons. The normalized spacial score (nSPS) is 12.9. The molecule has 0 aromatic carbocycles. The number of likely N-dealkylation sites (N-methyl/N-ethyl adjacent to an activating group) is 1. The lowest BCUT2D eigenvalue weighted by molar-refractivity contribution is 0.114. The predicted octanol–water partition coefficient (Wildman–Crippen LogP) is 0.773. The Morgan fingerprint density at radius 2 is 2.29 bits per heavy atom. The van der Waals surface area contributed by atoms with E-state index in [9.17, 15) is 0 Å². The van der Waals surface area contributed by atoms with Gasteiger partial charge in [-0.25, -0.2) is 0 Å². The summed E-state index contributed by atoms with van der Waals surface area (Å²) in [6.07, 6.45) is 1.64. The van der Waals surface area contributed by atoms with Crippen LogP contribution in [0.4, 0.5) is 0 Å². The van der Waals surface area contributed by atoms with Crippen molar-refractivity contribution in [3.63, 3.8) is 0 Å². The summed E-state index contributed by atoms with van der Waals surface area (Å²) in [6.45, 7) is 3.79. The maximum atomic E-state index is 5.34. The SMILES string of the molecule is CCCOCc1noc(CC(COC)NC)n1. The summed E-state index contributed by atoms with van der Waals surface area (Å²) in [5.74, 6) is 1.21. The summed E-state index contributed by atoms with van der Waals surface area (Å²) in [5.41, 5.74) is 0. The summed E-state index contributed by atoms with van der Waals surface area (Å²) in [7, 11) is 3.55. The van der Waals surface area contributed by atoms with Crippen molar-refractivity contribution < 1.29 is 14.0 Å². The van der Waals surface area contributed by atoms with E-state index in [1.54, 1.807) is 7.11 Å². The Kier molecular flexibility index (Phi) is 6.76. The van der Waals surface area contributed by atoms with E-state index in [1.165, 1.54) is 0 Å². The van der Waals surface area contributed by atoms with Gasteiger partial charge < -0.3 is 19.3 Å². The van der Waals surface area contributed by atoms with Gasteiger partial charge in [-0.2, -0.15) is 4.98 Å². The van der Waals surface area contributed by atoms with Crippen molar-refractivity contribution in [2.24, 2.45) is 0 Å². The maximum absolute atomic E-state index is 5.34. The largest absolute Gasteiger partial charge is 0.383 e. The van der Waals surface area contributed by atoms with Crippen LogP contribution in [0.3, 0.4) is 0 Å². The van der Waals surface area contributed by atoms with Crippen LogP contribution in [0.2, 0.25) is 0 Å². The first-order valence-corrected chi connectivity index (χ1v) is 5.85. The van der Waals surface area contributed by atoms with Crippen molar-refractivity contribution in [1.29, 1.82) is 0 Å². The molecule has 1 rings (SSSR count). The second-order valence-electron chi connectivity index (χ2n) is 3.80. The molecule has 17 heavy (non-hydrogen) atoms. The molecule has 0 amide bonds. The summed E-state index contributed by atoms with van der Waals surface area (Å²) < 4.78 is 15.5. The van der Waals surface area contributed by atoms with Crippen LogP contribution in [0.25, 0.3) is 0 Å². The Labute approximate surface area is 102 Å². The lowest BCUT2D eigenvalue weighted by Gasteiger charge is -2.11. The number of rotatable bonds is 9. The van der Waals surface area contributed by atoms with Gasteiger partial charge in [0.05, 0.1) is 6.61 Å². The minimum absolute atomic E-state index is 0.185. The molecule has 1 heterocycles. The summed E-state index contributed by atoms with van der Waals surface area (Å²) in [6, 6.07) is 0.185. The van der Waals surface area contributed by atoms with Gasteiger partial charge in [0.15, 0.2) is 5.82 Å². The first kappa shape index (κ1) is 14.1. The molecular weight excluding hydrogens is 222 g/mol. The molecule has 0 radical (unpaired) electrons.